The van der Waals surface area contributed by atoms with Gasteiger partial charge in [-0.1, -0.05) is 68.4 Å². The molecule has 0 aliphatic carbocycles. The Balaban J connectivity index is 1.64. The Labute approximate surface area is 174 Å². The molecule has 3 heterocycles. The van der Waals surface area contributed by atoms with Crippen LogP contribution >= 0.6 is 0 Å². The molecule has 1 atom stereocenters. The van der Waals surface area contributed by atoms with E-state index in [1.54, 1.807) is 6.26 Å². The summed E-state index contributed by atoms with van der Waals surface area (Å²) in [6, 6.07) is 19.5. The number of H-pyrrole nitrogens is 1. The molecule has 0 saturated carbocycles. The van der Waals surface area contributed by atoms with E-state index in [-0.39, 0.29) is 17.4 Å². The highest BCUT2D eigenvalue weighted by atomic mass is 16.5. The summed E-state index contributed by atoms with van der Waals surface area (Å²) >= 11 is 0. The Morgan fingerprint density at radius 2 is 1.73 bits per heavy atom. The van der Waals surface area contributed by atoms with Crippen molar-refractivity contribution < 1.29 is 9.32 Å². The molecule has 1 amide bonds. The first-order valence-electron chi connectivity index (χ1n) is 9.93. The lowest BCUT2D eigenvalue weighted by molar-refractivity contribution is 0.0988. The maximum Gasteiger partial charge on any atom is 0.277 e. The molecule has 0 spiro atoms. The van der Waals surface area contributed by atoms with Gasteiger partial charge in [0.25, 0.3) is 5.91 Å². The number of aromatic amines is 1. The molecule has 30 heavy (non-hydrogen) atoms. The monoisotopic (exact) mass is 398 g/mol. The minimum atomic E-state index is -0.237. The lowest BCUT2D eigenvalue weighted by Gasteiger charge is -2.28. The van der Waals surface area contributed by atoms with Crippen LogP contribution in [0, 0.1) is 0 Å². The highest BCUT2D eigenvalue weighted by Crippen LogP contribution is 2.45. The van der Waals surface area contributed by atoms with Crippen molar-refractivity contribution in [1.82, 2.24) is 15.4 Å². The number of anilines is 1. The van der Waals surface area contributed by atoms with Crippen LogP contribution in [0.2, 0.25) is 0 Å². The van der Waals surface area contributed by atoms with Crippen molar-refractivity contribution in [3.05, 3.63) is 89.4 Å². The molecule has 0 fully saturated rings. The second-order valence-corrected chi connectivity index (χ2v) is 8.53. The van der Waals surface area contributed by atoms with E-state index in [2.05, 4.69) is 48.3 Å². The van der Waals surface area contributed by atoms with E-state index < -0.39 is 0 Å². The highest BCUT2D eigenvalue weighted by Gasteiger charge is 2.44. The summed E-state index contributed by atoms with van der Waals surface area (Å²) in [5, 5.41) is 11.5. The van der Waals surface area contributed by atoms with Crippen molar-refractivity contribution in [3.8, 4) is 11.3 Å². The van der Waals surface area contributed by atoms with E-state index in [1.165, 1.54) is 0 Å². The summed E-state index contributed by atoms with van der Waals surface area (Å²) < 4.78 is 4.94. The Kier molecular flexibility index (Phi) is 4.10. The van der Waals surface area contributed by atoms with Crippen LogP contribution in [0.25, 0.3) is 11.3 Å². The summed E-state index contributed by atoms with van der Waals surface area (Å²) in [6.45, 7) is 6.35. The van der Waals surface area contributed by atoms with E-state index >= 15 is 0 Å². The molecule has 0 bridgehead atoms. The molecule has 0 radical (unpaired) electrons. The number of hydrogen-bond acceptors (Lipinski definition) is 4. The Hall–Kier alpha value is -3.67. The molecule has 1 N–H and O–H groups in total. The second-order valence-electron chi connectivity index (χ2n) is 8.53. The van der Waals surface area contributed by atoms with Crippen molar-refractivity contribution in [2.75, 3.05) is 4.90 Å². The number of rotatable bonds is 3. The number of hydrogen-bond donors (Lipinski definition) is 1. The molecule has 1 unspecified atom stereocenters. The van der Waals surface area contributed by atoms with Crippen molar-refractivity contribution >= 4 is 11.6 Å². The second kappa shape index (κ2) is 6.69. The quantitative estimate of drug-likeness (QED) is 0.520. The molecule has 2 aromatic carbocycles. The Bertz CT molecular complexity index is 1190. The first kappa shape index (κ1) is 18.4. The van der Waals surface area contributed by atoms with Gasteiger partial charge in [-0.25, -0.2) is 0 Å². The van der Waals surface area contributed by atoms with Crippen LogP contribution in [-0.4, -0.2) is 21.3 Å². The summed E-state index contributed by atoms with van der Waals surface area (Å²) in [5.41, 5.74) is 5.83. The van der Waals surface area contributed by atoms with Gasteiger partial charge in [0.05, 0.1) is 11.7 Å². The fraction of sp³-hybridized carbons (Fsp3) is 0.208. The molecule has 6 nitrogen and oxygen atoms in total. The standard InChI is InChI=1S/C24H22N4O2/c1-24(2,3)22-19-20(25-26-22)23(29)28(21(19)16-7-5-4-6-8-16)17-11-9-15(10-12-17)18-13-14-30-27-18/h4-14,21H,1-3H3,(H,25,26). The fourth-order valence-corrected chi connectivity index (χ4v) is 4.09. The van der Waals surface area contributed by atoms with Crippen LogP contribution in [0.4, 0.5) is 5.69 Å². The summed E-state index contributed by atoms with van der Waals surface area (Å²) in [4.78, 5) is 15.3. The molecular formula is C24H22N4O2. The van der Waals surface area contributed by atoms with E-state index in [1.807, 2.05) is 53.4 Å². The topological polar surface area (TPSA) is 75.0 Å². The number of benzene rings is 2. The van der Waals surface area contributed by atoms with Gasteiger partial charge in [-0.2, -0.15) is 5.10 Å². The van der Waals surface area contributed by atoms with Crippen LogP contribution in [0.1, 0.15) is 54.1 Å². The minimum absolute atomic E-state index is 0.0731. The molecule has 2 aromatic heterocycles. The zero-order valence-electron chi connectivity index (χ0n) is 17.1. The first-order chi connectivity index (χ1) is 14.4. The molecule has 1 aliphatic heterocycles. The third kappa shape index (κ3) is 2.84. The fourth-order valence-electron chi connectivity index (χ4n) is 4.09. The Morgan fingerprint density at radius 3 is 2.37 bits per heavy atom. The molecule has 0 saturated heterocycles. The van der Waals surface area contributed by atoms with Gasteiger partial charge < -0.3 is 4.52 Å². The van der Waals surface area contributed by atoms with Crippen LogP contribution < -0.4 is 4.90 Å². The Morgan fingerprint density at radius 1 is 1.00 bits per heavy atom. The van der Waals surface area contributed by atoms with Gasteiger partial charge in [-0.15, -0.1) is 0 Å². The third-order valence-corrected chi connectivity index (χ3v) is 5.47. The number of carbonyl (C=O) groups is 1. The normalized spacial score (nSPS) is 16.2. The van der Waals surface area contributed by atoms with Gasteiger partial charge in [0.2, 0.25) is 0 Å². The maximum absolute atomic E-state index is 13.5. The smallest absolute Gasteiger partial charge is 0.277 e. The zero-order chi connectivity index (χ0) is 20.9. The zero-order valence-corrected chi connectivity index (χ0v) is 17.1. The molecule has 150 valence electrons. The number of carbonyl (C=O) groups excluding carboxylic acids is 1. The van der Waals surface area contributed by atoms with Crippen LogP contribution in [-0.2, 0) is 5.41 Å². The molecule has 5 rings (SSSR count). The van der Waals surface area contributed by atoms with Crippen LogP contribution in [0.15, 0.2) is 71.4 Å². The maximum atomic E-state index is 13.5. The molecular weight excluding hydrogens is 376 g/mol. The predicted molar refractivity (Wildman–Crippen MR) is 114 cm³/mol. The first-order valence-corrected chi connectivity index (χ1v) is 9.93. The molecule has 1 aliphatic rings. The van der Waals surface area contributed by atoms with E-state index in [0.29, 0.717) is 5.69 Å². The van der Waals surface area contributed by atoms with Crippen molar-refractivity contribution in [1.29, 1.82) is 0 Å². The number of fused-ring (bicyclic) bond motifs is 1. The SMILES string of the molecule is CC(C)(C)c1n[nH]c2c1C(c1ccccc1)N(c1ccc(-c3ccon3)cc1)C2=O. The predicted octanol–water partition coefficient (Wildman–Crippen LogP) is 5.11. The number of nitrogens with zero attached hydrogens (tertiary/aromatic N) is 3. The molecule has 6 heteroatoms. The van der Waals surface area contributed by atoms with Gasteiger partial charge in [0.1, 0.15) is 17.7 Å². The third-order valence-electron chi connectivity index (χ3n) is 5.47. The summed E-state index contributed by atoms with van der Waals surface area (Å²) in [7, 11) is 0. The van der Waals surface area contributed by atoms with Gasteiger partial charge in [0, 0.05) is 28.3 Å². The highest BCUT2D eigenvalue weighted by molar-refractivity contribution is 6.10. The average molecular weight is 398 g/mol. The van der Waals surface area contributed by atoms with Crippen LogP contribution in [0.3, 0.4) is 0 Å². The van der Waals surface area contributed by atoms with Gasteiger partial charge in [-0.05, 0) is 17.7 Å². The van der Waals surface area contributed by atoms with E-state index in [4.69, 9.17) is 4.52 Å². The largest absolute Gasteiger partial charge is 0.364 e. The van der Waals surface area contributed by atoms with Crippen molar-refractivity contribution in [2.24, 2.45) is 0 Å². The van der Waals surface area contributed by atoms with Crippen molar-refractivity contribution in [2.45, 2.75) is 32.2 Å². The minimum Gasteiger partial charge on any atom is -0.364 e. The van der Waals surface area contributed by atoms with Gasteiger partial charge in [-0.3, -0.25) is 14.8 Å². The lowest BCUT2D eigenvalue weighted by Crippen LogP contribution is -2.30. The average Bonchev–Trinajstić information content (AvgIpc) is 3.46. The van der Waals surface area contributed by atoms with Crippen LogP contribution in [0.5, 0.6) is 0 Å². The van der Waals surface area contributed by atoms with Crippen molar-refractivity contribution in [3.63, 3.8) is 0 Å². The lowest BCUT2D eigenvalue weighted by atomic mass is 9.85. The molecule has 4 aromatic rings. The van der Waals surface area contributed by atoms with Gasteiger partial charge >= 0.3 is 0 Å². The van der Waals surface area contributed by atoms with E-state index in [9.17, 15) is 4.79 Å². The summed E-state index contributed by atoms with van der Waals surface area (Å²) in [6.07, 6.45) is 1.55. The van der Waals surface area contributed by atoms with E-state index in [0.717, 1.165) is 33.8 Å². The number of amides is 1. The van der Waals surface area contributed by atoms with Gasteiger partial charge in [0.15, 0.2) is 0 Å². The summed E-state index contributed by atoms with van der Waals surface area (Å²) in [5.74, 6) is -0.0731. The number of nitrogens with one attached hydrogen (secondary N) is 1. The number of aromatic nitrogens is 3.